The van der Waals surface area contributed by atoms with E-state index in [9.17, 15) is 28.1 Å². The van der Waals surface area contributed by atoms with Gasteiger partial charge in [-0.25, -0.2) is 0 Å². The number of rotatable bonds is 2. The van der Waals surface area contributed by atoms with Gasteiger partial charge < -0.3 is 10.3 Å². The van der Waals surface area contributed by atoms with Crippen LogP contribution in [0.5, 0.6) is 0 Å². The van der Waals surface area contributed by atoms with Crippen LogP contribution in [0.4, 0.5) is 24.5 Å². The van der Waals surface area contributed by atoms with E-state index in [2.05, 4.69) is 0 Å². The first kappa shape index (κ1) is 14.6. The van der Waals surface area contributed by atoms with Crippen molar-refractivity contribution in [1.29, 1.82) is 0 Å². The molecular formula is C12H8F3N3O3. The van der Waals surface area contributed by atoms with Crippen LogP contribution in [0.1, 0.15) is 5.56 Å². The fourth-order valence-electron chi connectivity index (χ4n) is 1.77. The van der Waals surface area contributed by atoms with E-state index in [1.807, 2.05) is 0 Å². The molecule has 0 spiro atoms. The SMILES string of the molecule is Nc1cc(-n2ccc(=O)cc2)c(C(F)(F)F)cc1[N+](=O)[O-]. The van der Waals surface area contributed by atoms with Gasteiger partial charge in [-0.1, -0.05) is 0 Å². The Hall–Kier alpha value is -2.84. The van der Waals surface area contributed by atoms with Crippen LogP contribution in [0.2, 0.25) is 0 Å². The molecule has 2 rings (SSSR count). The summed E-state index contributed by atoms with van der Waals surface area (Å²) in [4.78, 5) is 20.7. The van der Waals surface area contributed by atoms with E-state index >= 15 is 0 Å². The lowest BCUT2D eigenvalue weighted by atomic mass is 10.1. The summed E-state index contributed by atoms with van der Waals surface area (Å²) in [7, 11) is 0. The molecule has 0 aliphatic carbocycles. The van der Waals surface area contributed by atoms with Crippen LogP contribution in [-0.4, -0.2) is 9.49 Å². The van der Waals surface area contributed by atoms with Crippen molar-refractivity contribution in [2.45, 2.75) is 6.18 Å². The summed E-state index contributed by atoms with van der Waals surface area (Å²) in [5, 5.41) is 10.7. The highest BCUT2D eigenvalue weighted by Crippen LogP contribution is 2.38. The number of anilines is 1. The fraction of sp³-hybridized carbons (Fsp3) is 0.0833. The maximum absolute atomic E-state index is 13.0. The van der Waals surface area contributed by atoms with Crippen molar-refractivity contribution in [3.05, 3.63) is 62.6 Å². The average Bonchev–Trinajstić information content (AvgIpc) is 2.37. The molecule has 110 valence electrons. The van der Waals surface area contributed by atoms with Crippen LogP contribution in [0.15, 0.2) is 41.5 Å². The topological polar surface area (TPSA) is 91.2 Å². The van der Waals surface area contributed by atoms with Crippen LogP contribution < -0.4 is 11.2 Å². The molecule has 6 nitrogen and oxygen atoms in total. The lowest BCUT2D eigenvalue weighted by Gasteiger charge is -2.15. The van der Waals surface area contributed by atoms with Crippen LogP contribution >= 0.6 is 0 Å². The summed E-state index contributed by atoms with van der Waals surface area (Å²) in [5.74, 6) is 0. The van der Waals surface area contributed by atoms with E-state index in [0.29, 0.717) is 6.07 Å². The monoisotopic (exact) mass is 299 g/mol. The maximum Gasteiger partial charge on any atom is 0.418 e. The van der Waals surface area contributed by atoms with Gasteiger partial charge in [-0.2, -0.15) is 13.2 Å². The Labute approximate surface area is 115 Å². The first-order valence-corrected chi connectivity index (χ1v) is 5.54. The highest BCUT2D eigenvalue weighted by Gasteiger charge is 2.36. The van der Waals surface area contributed by atoms with Crippen LogP contribution in [-0.2, 0) is 6.18 Å². The predicted molar refractivity (Wildman–Crippen MR) is 68.1 cm³/mol. The molecule has 0 aliphatic heterocycles. The normalized spacial score (nSPS) is 11.4. The first-order valence-electron chi connectivity index (χ1n) is 5.54. The lowest BCUT2D eigenvalue weighted by Crippen LogP contribution is -2.13. The largest absolute Gasteiger partial charge is 0.418 e. The highest BCUT2D eigenvalue weighted by atomic mass is 19.4. The molecule has 2 N–H and O–H groups in total. The molecule has 0 saturated carbocycles. The predicted octanol–water partition coefficient (Wildman–Crippen LogP) is 2.35. The smallest absolute Gasteiger partial charge is 0.393 e. The van der Waals surface area contributed by atoms with Crippen molar-refractivity contribution in [3.63, 3.8) is 0 Å². The number of nitrogens with two attached hydrogens (primary N) is 1. The molecule has 0 atom stereocenters. The highest BCUT2D eigenvalue weighted by molar-refractivity contribution is 5.66. The lowest BCUT2D eigenvalue weighted by molar-refractivity contribution is -0.384. The molecule has 1 aromatic heterocycles. The molecule has 1 heterocycles. The molecule has 0 amide bonds. The number of nitrogens with zero attached hydrogens (tertiary/aromatic N) is 2. The number of nitrogen functional groups attached to an aromatic ring is 1. The molecule has 1 aromatic carbocycles. The van der Waals surface area contributed by atoms with Gasteiger partial charge >= 0.3 is 6.18 Å². The van der Waals surface area contributed by atoms with Gasteiger partial charge in [0.05, 0.1) is 16.2 Å². The summed E-state index contributed by atoms with van der Waals surface area (Å²) in [6, 6.07) is 3.36. The number of aromatic nitrogens is 1. The summed E-state index contributed by atoms with van der Waals surface area (Å²) < 4.78 is 40.2. The van der Waals surface area contributed by atoms with E-state index in [-0.39, 0.29) is 5.43 Å². The number of nitro benzene ring substituents is 1. The van der Waals surface area contributed by atoms with Crippen molar-refractivity contribution in [2.24, 2.45) is 0 Å². The van der Waals surface area contributed by atoms with Gasteiger partial charge in [0.2, 0.25) is 0 Å². The van der Waals surface area contributed by atoms with Gasteiger partial charge in [-0.05, 0) is 6.07 Å². The molecule has 0 radical (unpaired) electrons. The third kappa shape index (κ3) is 2.86. The standard InChI is InChI=1S/C12H8F3N3O3/c13-12(14,15)8-5-11(18(20)21)9(16)6-10(8)17-3-1-7(19)2-4-17/h1-6H,16H2. The van der Waals surface area contributed by atoms with Gasteiger partial charge in [-0.15, -0.1) is 0 Å². The van der Waals surface area contributed by atoms with Gasteiger partial charge in [0, 0.05) is 30.6 Å². The van der Waals surface area contributed by atoms with Crippen molar-refractivity contribution in [1.82, 2.24) is 4.57 Å². The van der Waals surface area contributed by atoms with Crippen molar-refractivity contribution < 1.29 is 18.1 Å². The molecular weight excluding hydrogens is 291 g/mol. The molecule has 0 fully saturated rings. The summed E-state index contributed by atoms with van der Waals surface area (Å²) >= 11 is 0. The molecule has 9 heteroatoms. The number of nitro groups is 1. The summed E-state index contributed by atoms with van der Waals surface area (Å²) in [5.41, 5.74) is 2.20. The molecule has 0 aliphatic rings. The van der Waals surface area contributed by atoms with Gasteiger partial charge in [-0.3, -0.25) is 14.9 Å². The Morgan fingerprint density at radius 2 is 1.76 bits per heavy atom. The van der Waals surface area contributed by atoms with Crippen LogP contribution in [0, 0.1) is 10.1 Å². The Morgan fingerprint density at radius 1 is 1.19 bits per heavy atom. The molecule has 2 aromatic rings. The fourth-order valence-corrected chi connectivity index (χ4v) is 1.77. The van der Waals surface area contributed by atoms with Crippen molar-refractivity contribution in [3.8, 4) is 5.69 Å². The molecule has 21 heavy (non-hydrogen) atoms. The number of hydrogen-bond donors (Lipinski definition) is 1. The molecule has 0 bridgehead atoms. The number of benzene rings is 1. The Morgan fingerprint density at radius 3 is 2.24 bits per heavy atom. The minimum atomic E-state index is -4.81. The first-order chi connectivity index (χ1) is 9.70. The van der Waals surface area contributed by atoms with E-state index in [0.717, 1.165) is 35.2 Å². The van der Waals surface area contributed by atoms with Crippen molar-refractivity contribution >= 4 is 11.4 Å². The van der Waals surface area contributed by atoms with Crippen LogP contribution in [0.25, 0.3) is 5.69 Å². The van der Waals surface area contributed by atoms with Crippen LogP contribution in [0.3, 0.4) is 0 Å². The number of halogens is 3. The third-order valence-electron chi connectivity index (χ3n) is 2.72. The van der Waals surface area contributed by atoms with E-state index in [1.165, 1.54) is 0 Å². The maximum atomic E-state index is 13.0. The summed E-state index contributed by atoms with van der Waals surface area (Å²) in [6.45, 7) is 0. The quantitative estimate of drug-likeness (QED) is 0.523. The third-order valence-corrected chi connectivity index (χ3v) is 2.72. The second-order valence-electron chi connectivity index (χ2n) is 4.12. The Kier molecular flexibility index (Phi) is 3.42. The van der Waals surface area contributed by atoms with Gasteiger partial charge in [0.1, 0.15) is 5.69 Å². The second kappa shape index (κ2) is 4.93. The number of alkyl halides is 3. The van der Waals surface area contributed by atoms with Gasteiger partial charge in [0.25, 0.3) is 5.69 Å². The zero-order valence-electron chi connectivity index (χ0n) is 10.3. The molecule has 0 unspecified atom stereocenters. The minimum absolute atomic E-state index is 0.378. The minimum Gasteiger partial charge on any atom is -0.393 e. The zero-order valence-corrected chi connectivity index (χ0v) is 10.3. The van der Waals surface area contributed by atoms with E-state index < -0.39 is 33.7 Å². The average molecular weight is 299 g/mol. The zero-order chi connectivity index (χ0) is 15.8. The molecule has 0 saturated heterocycles. The van der Waals surface area contributed by atoms with Gasteiger partial charge in [0.15, 0.2) is 5.43 Å². The number of pyridine rings is 1. The Bertz CT molecular complexity index is 748. The Balaban J connectivity index is 2.75. The van der Waals surface area contributed by atoms with E-state index in [4.69, 9.17) is 5.73 Å². The number of hydrogen-bond acceptors (Lipinski definition) is 4. The second-order valence-corrected chi connectivity index (χ2v) is 4.12. The van der Waals surface area contributed by atoms with Crippen molar-refractivity contribution in [2.75, 3.05) is 5.73 Å². The van der Waals surface area contributed by atoms with E-state index in [1.54, 1.807) is 0 Å². The summed E-state index contributed by atoms with van der Waals surface area (Å²) in [6.07, 6.45) is -2.56.